The fourth-order valence-corrected chi connectivity index (χ4v) is 3.38. The van der Waals surface area contributed by atoms with Gasteiger partial charge < -0.3 is 10.2 Å². The number of carbonyl (C=O) groups excluding carboxylic acids is 1. The van der Waals surface area contributed by atoms with E-state index in [0.29, 0.717) is 6.54 Å². The standard InChI is InChI=1S/C19H25N5OS/c1-26-17-6-4-16(5-7-17)18(25)20-10-3-11-23-12-14-24(15-13-23)19-21-8-2-9-22-19/h2,4-9H,3,10-15H2,1H3,(H,20,25). The van der Waals surface area contributed by atoms with E-state index in [1.54, 1.807) is 24.2 Å². The number of benzene rings is 1. The van der Waals surface area contributed by atoms with Crippen molar-refractivity contribution in [3.05, 3.63) is 48.3 Å². The molecular weight excluding hydrogens is 346 g/mol. The van der Waals surface area contributed by atoms with E-state index < -0.39 is 0 Å². The first-order valence-corrected chi connectivity index (χ1v) is 10.2. The number of nitrogens with one attached hydrogen (secondary N) is 1. The molecule has 1 aliphatic rings. The molecule has 0 aliphatic carbocycles. The van der Waals surface area contributed by atoms with E-state index >= 15 is 0 Å². The number of hydrogen-bond acceptors (Lipinski definition) is 6. The van der Waals surface area contributed by atoms with Crippen LogP contribution in [0, 0.1) is 0 Å². The number of anilines is 1. The van der Waals surface area contributed by atoms with Gasteiger partial charge in [-0.3, -0.25) is 9.69 Å². The number of carbonyl (C=O) groups is 1. The lowest BCUT2D eigenvalue weighted by Crippen LogP contribution is -2.47. The average molecular weight is 372 g/mol. The van der Waals surface area contributed by atoms with E-state index in [2.05, 4.69) is 25.1 Å². The van der Waals surface area contributed by atoms with Gasteiger partial charge in [-0.15, -0.1) is 11.8 Å². The lowest BCUT2D eigenvalue weighted by atomic mass is 10.2. The third kappa shape index (κ3) is 5.19. The van der Waals surface area contributed by atoms with Crippen molar-refractivity contribution < 1.29 is 4.79 Å². The van der Waals surface area contributed by atoms with E-state index in [0.717, 1.165) is 50.7 Å². The third-order valence-electron chi connectivity index (χ3n) is 4.50. The van der Waals surface area contributed by atoms with Gasteiger partial charge in [0.1, 0.15) is 0 Å². The highest BCUT2D eigenvalue weighted by Crippen LogP contribution is 2.14. The van der Waals surface area contributed by atoms with Gasteiger partial charge >= 0.3 is 0 Å². The van der Waals surface area contributed by atoms with Crippen LogP contribution in [-0.2, 0) is 0 Å². The van der Waals surface area contributed by atoms with Crippen molar-refractivity contribution >= 4 is 23.6 Å². The summed E-state index contributed by atoms with van der Waals surface area (Å²) in [5.74, 6) is 0.815. The number of nitrogens with zero attached hydrogens (tertiary/aromatic N) is 4. The topological polar surface area (TPSA) is 61.4 Å². The molecule has 1 aliphatic heterocycles. The molecule has 1 aromatic heterocycles. The molecule has 0 radical (unpaired) electrons. The van der Waals surface area contributed by atoms with Crippen LogP contribution < -0.4 is 10.2 Å². The summed E-state index contributed by atoms with van der Waals surface area (Å²) < 4.78 is 0. The zero-order valence-corrected chi connectivity index (χ0v) is 15.9. The molecule has 1 aromatic carbocycles. The molecule has 1 saturated heterocycles. The lowest BCUT2D eigenvalue weighted by molar-refractivity contribution is 0.0951. The van der Waals surface area contributed by atoms with Gasteiger partial charge in [-0.05, 0) is 49.6 Å². The van der Waals surface area contributed by atoms with E-state index in [1.165, 1.54) is 4.90 Å². The first-order chi connectivity index (χ1) is 12.8. The quantitative estimate of drug-likeness (QED) is 0.594. The van der Waals surface area contributed by atoms with Gasteiger partial charge in [0.05, 0.1) is 0 Å². The molecule has 0 saturated carbocycles. The molecule has 0 bridgehead atoms. The molecule has 3 rings (SSSR count). The van der Waals surface area contributed by atoms with Gasteiger partial charge in [0.2, 0.25) is 5.95 Å². The maximum Gasteiger partial charge on any atom is 0.251 e. The minimum Gasteiger partial charge on any atom is -0.352 e. The Bertz CT molecular complexity index is 687. The second-order valence-electron chi connectivity index (χ2n) is 6.22. The van der Waals surface area contributed by atoms with Crippen molar-refractivity contribution in [1.29, 1.82) is 0 Å². The van der Waals surface area contributed by atoms with Crippen LogP contribution in [0.15, 0.2) is 47.6 Å². The largest absolute Gasteiger partial charge is 0.352 e. The predicted molar refractivity (Wildman–Crippen MR) is 106 cm³/mol. The van der Waals surface area contributed by atoms with Gasteiger partial charge in [-0.2, -0.15) is 0 Å². The molecule has 26 heavy (non-hydrogen) atoms. The Labute approximate surface area is 159 Å². The second kappa shape index (κ2) is 9.54. The van der Waals surface area contributed by atoms with E-state index in [1.807, 2.05) is 36.6 Å². The number of thioether (sulfide) groups is 1. The maximum atomic E-state index is 12.1. The number of rotatable bonds is 7. The molecule has 7 heteroatoms. The number of piperazine rings is 1. The van der Waals surface area contributed by atoms with E-state index in [-0.39, 0.29) is 5.91 Å². The highest BCUT2D eigenvalue weighted by molar-refractivity contribution is 7.98. The molecule has 2 aromatic rings. The molecule has 138 valence electrons. The predicted octanol–water partition coefficient (Wildman–Crippen LogP) is 2.14. The first kappa shape index (κ1) is 18.7. The van der Waals surface area contributed by atoms with Gasteiger partial charge in [0.25, 0.3) is 5.91 Å². The van der Waals surface area contributed by atoms with Crippen LogP contribution in [0.1, 0.15) is 16.8 Å². The number of hydrogen-bond donors (Lipinski definition) is 1. The Balaban J connectivity index is 1.33. The minimum absolute atomic E-state index is 0.00342. The summed E-state index contributed by atoms with van der Waals surface area (Å²) in [6.45, 7) is 5.58. The SMILES string of the molecule is CSc1ccc(C(=O)NCCCN2CCN(c3ncccn3)CC2)cc1. The fraction of sp³-hybridized carbons (Fsp3) is 0.421. The zero-order chi connectivity index (χ0) is 18.2. The molecule has 2 heterocycles. The Kier molecular flexibility index (Phi) is 6.85. The fourth-order valence-electron chi connectivity index (χ4n) is 2.98. The average Bonchev–Trinajstić information content (AvgIpc) is 2.72. The Morgan fingerprint density at radius 2 is 1.81 bits per heavy atom. The van der Waals surface area contributed by atoms with E-state index in [9.17, 15) is 4.79 Å². The third-order valence-corrected chi connectivity index (χ3v) is 5.24. The summed E-state index contributed by atoms with van der Waals surface area (Å²) >= 11 is 1.68. The molecule has 1 fully saturated rings. The smallest absolute Gasteiger partial charge is 0.251 e. The highest BCUT2D eigenvalue weighted by Gasteiger charge is 2.18. The highest BCUT2D eigenvalue weighted by atomic mass is 32.2. The molecule has 0 spiro atoms. The van der Waals surface area contributed by atoms with Crippen molar-refractivity contribution in [2.75, 3.05) is 50.4 Å². The van der Waals surface area contributed by atoms with Crippen LogP contribution in [0.3, 0.4) is 0 Å². The van der Waals surface area contributed by atoms with Crippen LogP contribution in [0.4, 0.5) is 5.95 Å². The van der Waals surface area contributed by atoms with E-state index in [4.69, 9.17) is 0 Å². The van der Waals surface area contributed by atoms with Gasteiger partial charge in [-0.1, -0.05) is 0 Å². The summed E-state index contributed by atoms with van der Waals surface area (Å²) in [6.07, 6.45) is 6.55. The lowest BCUT2D eigenvalue weighted by Gasteiger charge is -2.34. The normalized spacial score (nSPS) is 15.0. The molecule has 0 unspecified atom stereocenters. The molecular formula is C19H25N5OS. The van der Waals surface area contributed by atoms with Crippen molar-refractivity contribution in [3.8, 4) is 0 Å². The van der Waals surface area contributed by atoms with Crippen LogP contribution in [0.25, 0.3) is 0 Å². The van der Waals surface area contributed by atoms with Crippen molar-refractivity contribution in [2.45, 2.75) is 11.3 Å². The summed E-state index contributed by atoms with van der Waals surface area (Å²) in [6, 6.07) is 9.56. The summed E-state index contributed by atoms with van der Waals surface area (Å²) in [4.78, 5) is 26.6. The Hall–Kier alpha value is -2.12. The van der Waals surface area contributed by atoms with Crippen molar-refractivity contribution in [1.82, 2.24) is 20.2 Å². The van der Waals surface area contributed by atoms with Crippen LogP contribution in [-0.4, -0.2) is 66.3 Å². The minimum atomic E-state index is 0.00342. The number of aromatic nitrogens is 2. The summed E-state index contributed by atoms with van der Waals surface area (Å²) in [7, 11) is 0. The molecule has 1 N–H and O–H groups in total. The van der Waals surface area contributed by atoms with Gasteiger partial charge in [0.15, 0.2) is 0 Å². The van der Waals surface area contributed by atoms with Gasteiger partial charge in [-0.25, -0.2) is 9.97 Å². The van der Waals surface area contributed by atoms with Crippen molar-refractivity contribution in [2.24, 2.45) is 0 Å². The molecule has 1 amide bonds. The van der Waals surface area contributed by atoms with Gasteiger partial charge in [0, 0.05) is 55.6 Å². The van der Waals surface area contributed by atoms with Crippen LogP contribution in [0.5, 0.6) is 0 Å². The van der Waals surface area contributed by atoms with Crippen LogP contribution in [0.2, 0.25) is 0 Å². The molecule has 6 nitrogen and oxygen atoms in total. The first-order valence-electron chi connectivity index (χ1n) is 8.93. The van der Waals surface area contributed by atoms with Crippen LogP contribution >= 0.6 is 11.8 Å². The Morgan fingerprint density at radius 1 is 1.12 bits per heavy atom. The maximum absolute atomic E-state index is 12.1. The Morgan fingerprint density at radius 3 is 2.46 bits per heavy atom. The monoisotopic (exact) mass is 371 g/mol. The molecule has 0 atom stereocenters. The second-order valence-corrected chi connectivity index (χ2v) is 7.10. The zero-order valence-electron chi connectivity index (χ0n) is 15.1. The number of amides is 1. The summed E-state index contributed by atoms with van der Waals surface area (Å²) in [5.41, 5.74) is 0.722. The van der Waals surface area contributed by atoms with Crippen molar-refractivity contribution in [3.63, 3.8) is 0 Å². The summed E-state index contributed by atoms with van der Waals surface area (Å²) in [5, 5.41) is 3.01.